The number of amides is 2. The van der Waals surface area contributed by atoms with Crippen LogP contribution in [0.1, 0.15) is 107 Å². The van der Waals surface area contributed by atoms with E-state index in [-0.39, 0.29) is 46.9 Å². The maximum Gasteiger partial charge on any atom is 0.275 e. The number of carbonyl (C=O) groups is 2. The molecule has 0 radical (unpaired) electrons. The third-order valence-electron chi connectivity index (χ3n) is 8.90. The molecule has 0 aromatic heterocycles. The Bertz CT molecular complexity index is 1400. The van der Waals surface area contributed by atoms with Crippen molar-refractivity contribution < 1.29 is 23.9 Å². The van der Waals surface area contributed by atoms with E-state index in [1.54, 1.807) is 12.1 Å². The number of benzene rings is 2. The van der Waals surface area contributed by atoms with Gasteiger partial charge >= 0.3 is 0 Å². The van der Waals surface area contributed by atoms with Crippen LogP contribution in [0.4, 0.5) is 8.78 Å². The summed E-state index contributed by atoms with van der Waals surface area (Å²) in [7, 11) is 0. The molecular weight excluding hydrogens is 564 g/mol. The minimum absolute atomic E-state index is 0.0118. The fraction of sp³-hybridized carbons (Fsp3) is 0.515. The lowest BCUT2D eigenvalue weighted by Crippen LogP contribution is -2.51. The number of nitrogens with one attached hydrogen (secondary N) is 1. The zero-order valence-electron chi connectivity index (χ0n) is 26.1. The molecule has 44 heavy (non-hydrogen) atoms. The van der Waals surface area contributed by atoms with Crippen LogP contribution in [0, 0.1) is 23.0 Å². The fourth-order valence-corrected chi connectivity index (χ4v) is 6.49. The molecule has 2 amide bonds. The first-order chi connectivity index (χ1) is 20.9. The van der Waals surface area contributed by atoms with Crippen molar-refractivity contribution in [3.05, 3.63) is 70.8 Å². The molecule has 1 atom stereocenters. The predicted molar refractivity (Wildman–Crippen MR) is 166 cm³/mol. The van der Waals surface area contributed by atoms with E-state index in [1.807, 2.05) is 17.0 Å². The molecule has 0 unspecified atom stereocenters. The van der Waals surface area contributed by atoms with Crippen molar-refractivity contribution in [2.75, 3.05) is 6.54 Å². The molecule has 11 heteroatoms. The summed E-state index contributed by atoms with van der Waals surface area (Å²) in [6, 6.07) is 9.96. The van der Waals surface area contributed by atoms with Gasteiger partial charge in [0.25, 0.3) is 17.6 Å². The molecule has 1 saturated carbocycles. The quantitative estimate of drug-likeness (QED) is 0.108. The number of nitrogens with zero attached hydrogens (tertiary/aromatic N) is 4. The van der Waals surface area contributed by atoms with Crippen LogP contribution in [0.15, 0.2) is 57.8 Å². The number of amidine groups is 1. The average Bonchev–Trinajstić information content (AvgIpc) is 3.24. The van der Waals surface area contributed by atoms with Gasteiger partial charge in [-0.1, -0.05) is 59.1 Å². The smallest absolute Gasteiger partial charge is 0.275 e. The van der Waals surface area contributed by atoms with Gasteiger partial charge in [-0.3, -0.25) is 14.6 Å². The van der Waals surface area contributed by atoms with Gasteiger partial charge in [-0.25, -0.2) is 8.78 Å². The number of halogens is 2. The van der Waals surface area contributed by atoms with Gasteiger partial charge in [0, 0.05) is 17.2 Å². The highest BCUT2D eigenvalue weighted by atomic mass is 19.1. The van der Waals surface area contributed by atoms with Crippen molar-refractivity contribution in [2.45, 2.75) is 90.8 Å². The van der Waals surface area contributed by atoms with E-state index in [0.717, 1.165) is 43.7 Å². The maximum absolute atomic E-state index is 14.4. The first-order valence-electron chi connectivity index (χ1n) is 15.4. The van der Waals surface area contributed by atoms with Crippen molar-refractivity contribution in [2.24, 2.45) is 32.4 Å². The highest BCUT2D eigenvalue weighted by Gasteiger charge is 2.52. The Morgan fingerprint density at radius 3 is 2.34 bits per heavy atom. The highest BCUT2D eigenvalue weighted by Crippen LogP contribution is 2.50. The summed E-state index contributed by atoms with van der Waals surface area (Å²) >= 11 is 0. The number of aliphatic imine (C=N–C) groups is 1. The highest BCUT2D eigenvalue weighted by molar-refractivity contribution is 6.46. The number of rotatable bonds is 11. The lowest BCUT2D eigenvalue weighted by Gasteiger charge is -2.47. The zero-order chi connectivity index (χ0) is 32.1. The topological polar surface area (TPSA) is 138 Å². The molecule has 1 heterocycles. The van der Waals surface area contributed by atoms with Gasteiger partial charge in [0.1, 0.15) is 34.8 Å². The van der Waals surface area contributed by atoms with Crippen LogP contribution in [0.25, 0.3) is 0 Å². The third-order valence-corrected chi connectivity index (χ3v) is 8.90. The average molecular weight is 609 g/mol. The Labute approximate surface area is 257 Å². The molecule has 1 aliphatic carbocycles. The molecule has 1 spiro atoms. The van der Waals surface area contributed by atoms with Crippen LogP contribution in [0.2, 0.25) is 0 Å². The molecule has 1 aliphatic heterocycles. The van der Waals surface area contributed by atoms with Gasteiger partial charge in [-0.2, -0.15) is 5.53 Å². The molecule has 2 aliphatic rings. The van der Waals surface area contributed by atoms with Gasteiger partial charge in [0.15, 0.2) is 0 Å². The molecule has 4 rings (SSSR count). The summed E-state index contributed by atoms with van der Waals surface area (Å²) in [5, 5.41) is 9.29. The Morgan fingerprint density at radius 2 is 1.77 bits per heavy atom. The van der Waals surface area contributed by atoms with Gasteiger partial charge in [-0.15, -0.1) is 0 Å². The monoisotopic (exact) mass is 608 g/mol. The summed E-state index contributed by atoms with van der Waals surface area (Å²) < 4.78 is 28.6. The van der Waals surface area contributed by atoms with Crippen LogP contribution in [0.5, 0.6) is 0 Å². The zero-order valence-corrected chi connectivity index (χ0v) is 26.1. The van der Waals surface area contributed by atoms with Gasteiger partial charge < -0.3 is 16.0 Å². The Balaban J connectivity index is 1.71. The second-order valence-electron chi connectivity index (χ2n) is 12.9. The second-order valence-corrected chi connectivity index (χ2v) is 12.9. The number of hydrogen-bond acceptors (Lipinski definition) is 4. The number of nitrogens with two attached hydrogens (primary N) is 2. The number of unbranched alkanes of at least 4 members (excludes halogenated alkanes) is 2. The predicted octanol–water partition coefficient (Wildman–Crippen LogP) is 5.06. The lowest BCUT2D eigenvalue weighted by atomic mass is 9.69. The van der Waals surface area contributed by atoms with E-state index < -0.39 is 17.3 Å². The van der Waals surface area contributed by atoms with Gasteiger partial charge in [0.2, 0.25) is 0 Å². The summed E-state index contributed by atoms with van der Waals surface area (Å²) in [5.74, 6) is -1.64. The van der Waals surface area contributed by atoms with Crippen molar-refractivity contribution in [3.63, 3.8) is 0 Å². The first kappa shape index (κ1) is 32.9. The number of carbonyl (C=O) groups excluding carboxylic acids is 2. The summed E-state index contributed by atoms with van der Waals surface area (Å²) in [6.45, 7) is 8.81. The van der Waals surface area contributed by atoms with Crippen molar-refractivity contribution >= 4 is 23.4 Å². The Hall–Kier alpha value is -4.02. The molecule has 2 aromatic carbocycles. The minimum atomic E-state index is -0.825. The van der Waals surface area contributed by atoms with Crippen molar-refractivity contribution in [1.29, 1.82) is 0 Å². The normalized spacial score (nSPS) is 21.4. The first-order valence-corrected chi connectivity index (χ1v) is 15.4. The van der Waals surface area contributed by atoms with E-state index in [0.29, 0.717) is 30.7 Å². The Morgan fingerprint density at radius 1 is 1.14 bits per heavy atom. The molecule has 0 saturated heterocycles. The number of hydrogen-bond donors (Lipinski definition) is 3. The lowest BCUT2D eigenvalue weighted by molar-refractivity contribution is -0.221. The van der Waals surface area contributed by atoms with E-state index in [1.165, 1.54) is 12.1 Å². The van der Waals surface area contributed by atoms with E-state index in [4.69, 9.17) is 16.3 Å². The largest absolute Gasteiger partial charge is 0.363 e. The van der Waals surface area contributed by atoms with Gasteiger partial charge in [0.05, 0.1) is 11.1 Å². The van der Waals surface area contributed by atoms with Gasteiger partial charge in [-0.05, 0) is 73.3 Å². The van der Waals surface area contributed by atoms with Crippen LogP contribution in [0.3, 0.4) is 0 Å². The molecule has 2 aromatic rings. The van der Waals surface area contributed by atoms with Crippen LogP contribution >= 0.6 is 0 Å². The standard InChI is InChI=1S/C33H43F2N7O2/c1-5-6-7-8-27(21-9-11-22(12-10-21)30(43)38-20-28(36)40-41-37)42-31(44)29(23-17-25(34)19-26(35)18-23)39-33(42)15-13-24(14-16-33)32(2,3)4/h9-12,17-19,24,27H,5-8,13-16,20H2,1-4H3,(H,38,43)(H3,36,37,40)/p+1/t24?,27-,33?/m1/s1. The maximum atomic E-state index is 14.4. The van der Waals surface area contributed by atoms with Crippen molar-refractivity contribution in [3.8, 4) is 0 Å². The molecule has 0 bridgehead atoms. The minimum Gasteiger partial charge on any atom is -0.363 e. The molecule has 236 valence electrons. The second kappa shape index (κ2) is 13.7. The Kier molecular flexibility index (Phi) is 10.3. The van der Waals surface area contributed by atoms with Crippen LogP contribution < -0.4 is 16.6 Å². The summed E-state index contributed by atoms with van der Waals surface area (Å²) in [6.07, 6.45) is 6.63. The summed E-state index contributed by atoms with van der Waals surface area (Å²) in [5.41, 5.74) is 11.5. The SMILES string of the molecule is CCCCC[C@H](c1ccc(C(=O)NC/C(N)=N/N=[NH2+])cc1)N1C(=O)C(c2cc(F)cc(F)c2)=NC12CCC(C(C)(C)C)CC2. The van der Waals surface area contributed by atoms with E-state index >= 15 is 0 Å². The molecular formula is C33H44F2N7O2+. The van der Waals surface area contributed by atoms with Crippen LogP contribution in [-0.4, -0.2) is 40.5 Å². The third kappa shape index (κ3) is 7.36. The van der Waals surface area contributed by atoms with Crippen molar-refractivity contribution in [1.82, 2.24) is 10.2 Å². The van der Waals surface area contributed by atoms with E-state index in [9.17, 15) is 18.4 Å². The fourth-order valence-electron chi connectivity index (χ4n) is 6.49. The molecule has 5 N–H and O–H groups in total. The van der Waals surface area contributed by atoms with E-state index in [2.05, 4.69) is 43.3 Å². The molecule has 9 nitrogen and oxygen atoms in total. The van der Waals surface area contributed by atoms with Crippen LogP contribution in [-0.2, 0) is 4.79 Å². The molecule has 1 fully saturated rings. The summed E-state index contributed by atoms with van der Waals surface area (Å²) in [4.78, 5) is 34.0.